The number of carbonyl (C=O) groups excluding carboxylic acids is 2. The Kier molecular flexibility index (Phi) is 4.68. The van der Waals surface area contributed by atoms with Crippen LogP contribution in [0.1, 0.15) is 23.3 Å². The number of nitrogens with zero attached hydrogens (tertiary/aromatic N) is 1. The molecule has 0 spiro atoms. The van der Waals surface area contributed by atoms with Crippen molar-refractivity contribution < 1.29 is 14.0 Å². The van der Waals surface area contributed by atoms with E-state index in [0.29, 0.717) is 16.4 Å². The molecule has 2 amide bonds. The Bertz CT molecular complexity index is 996. The predicted molar refractivity (Wildman–Crippen MR) is 103 cm³/mol. The summed E-state index contributed by atoms with van der Waals surface area (Å²) in [6.07, 6.45) is 1.87. The molecule has 2 N–H and O–H groups in total. The molecule has 1 aliphatic rings. The van der Waals surface area contributed by atoms with Gasteiger partial charge in [0.05, 0.1) is 0 Å². The number of halogens is 1. The highest BCUT2D eigenvalue weighted by Crippen LogP contribution is 2.30. The van der Waals surface area contributed by atoms with Crippen LogP contribution in [0, 0.1) is 11.7 Å². The smallest absolute Gasteiger partial charge is 0.275 e. The van der Waals surface area contributed by atoms with Gasteiger partial charge in [-0.1, -0.05) is 6.07 Å². The quantitative estimate of drug-likeness (QED) is 0.681. The highest BCUT2D eigenvalue weighted by molar-refractivity contribution is 7.13. The first-order chi connectivity index (χ1) is 13.1. The highest BCUT2D eigenvalue weighted by atomic mass is 32.1. The van der Waals surface area contributed by atoms with Crippen LogP contribution in [0.4, 0.5) is 15.8 Å². The van der Waals surface area contributed by atoms with Crippen molar-refractivity contribution in [1.29, 1.82) is 0 Å². The van der Waals surface area contributed by atoms with E-state index in [1.807, 2.05) is 0 Å². The molecule has 4 rings (SSSR count). The van der Waals surface area contributed by atoms with Crippen LogP contribution in [0.3, 0.4) is 0 Å². The van der Waals surface area contributed by atoms with Crippen LogP contribution in [0.2, 0.25) is 0 Å². The maximum absolute atomic E-state index is 13.0. The van der Waals surface area contributed by atoms with Crippen LogP contribution in [-0.4, -0.2) is 16.8 Å². The van der Waals surface area contributed by atoms with E-state index < -0.39 is 0 Å². The SMILES string of the molecule is O=C(Nc1cccc(NC(=O)C2CC2)c1)c1csc(-c2ccc(F)cc2)n1. The molecule has 1 aromatic heterocycles. The monoisotopic (exact) mass is 381 g/mol. The minimum atomic E-state index is -0.342. The van der Waals surface area contributed by atoms with Gasteiger partial charge in [0.15, 0.2) is 0 Å². The Labute approximate surface area is 159 Å². The number of amides is 2. The summed E-state index contributed by atoms with van der Waals surface area (Å²) in [6.45, 7) is 0. The van der Waals surface area contributed by atoms with Gasteiger partial charge in [-0.05, 0) is 55.3 Å². The average molecular weight is 381 g/mol. The van der Waals surface area contributed by atoms with Crippen LogP contribution in [0.5, 0.6) is 0 Å². The molecule has 3 aromatic rings. The van der Waals surface area contributed by atoms with Gasteiger partial charge in [0.1, 0.15) is 16.5 Å². The van der Waals surface area contributed by atoms with Crippen LogP contribution in [0.25, 0.3) is 10.6 Å². The van der Waals surface area contributed by atoms with E-state index in [0.717, 1.165) is 18.4 Å². The summed E-state index contributed by atoms with van der Waals surface area (Å²) >= 11 is 1.32. The fraction of sp³-hybridized carbons (Fsp3) is 0.150. The number of hydrogen-bond donors (Lipinski definition) is 2. The van der Waals surface area contributed by atoms with E-state index in [1.54, 1.807) is 41.8 Å². The van der Waals surface area contributed by atoms with Gasteiger partial charge in [-0.3, -0.25) is 9.59 Å². The molecule has 136 valence electrons. The highest BCUT2D eigenvalue weighted by Gasteiger charge is 2.29. The van der Waals surface area contributed by atoms with E-state index in [2.05, 4.69) is 15.6 Å². The molecule has 0 bridgehead atoms. The molecule has 7 heteroatoms. The summed E-state index contributed by atoms with van der Waals surface area (Å²) in [5.41, 5.74) is 2.26. The Morgan fingerprint density at radius 3 is 2.44 bits per heavy atom. The number of aromatic nitrogens is 1. The molecule has 1 heterocycles. The minimum Gasteiger partial charge on any atom is -0.326 e. The first-order valence-corrected chi connectivity index (χ1v) is 9.40. The average Bonchev–Trinajstić information content (AvgIpc) is 3.40. The maximum Gasteiger partial charge on any atom is 0.275 e. The van der Waals surface area contributed by atoms with Gasteiger partial charge in [0.25, 0.3) is 5.91 Å². The Hall–Kier alpha value is -3.06. The number of rotatable bonds is 5. The third-order valence-corrected chi connectivity index (χ3v) is 5.06. The topological polar surface area (TPSA) is 71.1 Å². The van der Waals surface area contributed by atoms with Gasteiger partial charge < -0.3 is 10.6 Å². The first kappa shape index (κ1) is 17.4. The van der Waals surface area contributed by atoms with Crippen LogP contribution >= 0.6 is 11.3 Å². The molecule has 1 saturated carbocycles. The standard InChI is InChI=1S/C20H16FN3O2S/c21-14-8-6-13(7-9-14)20-24-17(11-27-20)19(26)23-16-3-1-2-15(10-16)22-18(25)12-4-5-12/h1-3,6-12H,4-5H2,(H,22,25)(H,23,26). The molecule has 1 fully saturated rings. The number of thiazole rings is 1. The Balaban J connectivity index is 1.44. The molecule has 0 atom stereocenters. The molecule has 2 aromatic carbocycles. The van der Waals surface area contributed by atoms with Gasteiger partial charge in [-0.2, -0.15) is 0 Å². The van der Waals surface area contributed by atoms with Crippen molar-refractivity contribution in [3.05, 3.63) is 65.4 Å². The summed E-state index contributed by atoms with van der Waals surface area (Å²) in [4.78, 5) is 28.6. The number of hydrogen-bond acceptors (Lipinski definition) is 4. The molecule has 1 aliphatic carbocycles. The summed E-state index contributed by atoms with van der Waals surface area (Å²) in [5, 5.41) is 7.94. The maximum atomic E-state index is 13.0. The van der Waals surface area contributed by atoms with Crippen molar-refractivity contribution >= 4 is 34.5 Å². The lowest BCUT2D eigenvalue weighted by molar-refractivity contribution is -0.117. The molecule has 0 unspecified atom stereocenters. The molecular weight excluding hydrogens is 365 g/mol. The predicted octanol–water partition coefficient (Wildman–Crippen LogP) is 4.55. The van der Waals surface area contributed by atoms with E-state index in [1.165, 1.54) is 23.5 Å². The second-order valence-corrected chi connectivity index (χ2v) is 7.20. The Morgan fingerprint density at radius 2 is 1.74 bits per heavy atom. The summed E-state index contributed by atoms with van der Waals surface area (Å²) in [6, 6.07) is 13.0. The zero-order valence-corrected chi connectivity index (χ0v) is 15.1. The summed E-state index contributed by atoms with van der Waals surface area (Å²) < 4.78 is 13.0. The Morgan fingerprint density at radius 1 is 1.04 bits per heavy atom. The van der Waals surface area contributed by atoms with E-state index >= 15 is 0 Å². The van der Waals surface area contributed by atoms with Crippen molar-refractivity contribution in [2.24, 2.45) is 5.92 Å². The third-order valence-electron chi connectivity index (χ3n) is 4.16. The van der Waals surface area contributed by atoms with Gasteiger partial charge in [-0.15, -0.1) is 11.3 Å². The summed E-state index contributed by atoms with van der Waals surface area (Å²) in [7, 11) is 0. The van der Waals surface area contributed by atoms with Crippen molar-refractivity contribution in [3.63, 3.8) is 0 Å². The summed E-state index contributed by atoms with van der Waals surface area (Å²) in [5.74, 6) is -0.530. The van der Waals surface area contributed by atoms with Crippen molar-refractivity contribution in [1.82, 2.24) is 4.98 Å². The van der Waals surface area contributed by atoms with Gasteiger partial charge in [0, 0.05) is 28.2 Å². The second-order valence-electron chi connectivity index (χ2n) is 6.34. The number of carbonyl (C=O) groups is 2. The fourth-order valence-corrected chi connectivity index (χ4v) is 3.37. The van der Waals surface area contributed by atoms with Gasteiger partial charge >= 0.3 is 0 Å². The van der Waals surface area contributed by atoms with E-state index in [-0.39, 0.29) is 29.2 Å². The zero-order valence-electron chi connectivity index (χ0n) is 14.2. The molecular formula is C20H16FN3O2S. The first-order valence-electron chi connectivity index (χ1n) is 8.52. The lowest BCUT2D eigenvalue weighted by atomic mass is 10.2. The van der Waals surface area contributed by atoms with Crippen molar-refractivity contribution in [2.45, 2.75) is 12.8 Å². The van der Waals surface area contributed by atoms with Gasteiger partial charge in [-0.25, -0.2) is 9.37 Å². The number of anilines is 2. The van der Waals surface area contributed by atoms with Crippen molar-refractivity contribution in [3.8, 4) is 10.6 Å². The van der Waals surface area contributed by atoms with Crippen LogP contribution in [0.15, 0.2) is 53.9 Å². The third kappa shape index (κ3) is 4.20. The largest absolute Gasteiger partial charge is 0.326 e. The van der Waals surface area contributed by atoms with E-state index in [9.17, 15) is 14.0 Å². The number of nitrogens with one attached hydrogen (secondary N) is 2. The lowest BCUT2D eigenvalue weighted by Gasteiger charge is -2.07. The molecule has 0 aliphatic heterocycles. The molecule has 27 heavy (non-hydrogen) atoms. The lowest BCUT2D eigenvalue weighted by Crippen LogP contribution is -2.15. The molecule has 0 radical (unpaired) electrons. The fourth-order valence-electron chi connectivity index (χ4n) is 2.56. The normalized spacial score (nSPS) is 13.2. The second kappa shape index (κ2) is 7.28. The zero-order chi connectivity index (χ0) is 18.8. The van der Waals surface area contributed by atoms with Crippen molar-refractivity contribution in [2.75, 3.05) is 10.6 Å². The van der Waals surface area contributed by atoms with Crippen LogP contribution in [-0.2, 0) is 4.79 Å². The number of benzene rings is 2. The minimum absolute atomic E-state index is 0.0157. The van der Waals surface area contributed by atoms with E-state index in [4.69, 9.17) is 0 Å². The molecule has 0 saturated heterocycles. The molecule has 5 nitrogen and oxygen atoms in total. The van der Waals surface area contributed by atoms with Gasteiger partial charge in [0.2, 0.25) is 5.91 Å². The van der Waals surface area contributed by atoms with Crippen LogP contribution < -0.4 is 10.6 Å².